The molecule has 1 heterocycles. The maximum Gasteiger partial charge on any atom is 0.306 e. The van der Waals surface area contributed by atoms with E-state index in [1.54, 1.807) is 13.8 Å². The first-order valence-corrected chi connectivity index (χ1v) is 25.4. The van der Waals surface area contributed by atoms with Crippen LogP contribution in [-0.2, 0) is 46.2 Å². The number of hydrogen-bond donors (Lipinski definition) is 3. The van der Waals surface area contributed by atoms with E-state index in [9.17, 15) is 24.6 Å². The first-order chi connectivity index (χ1) is 31.0. The molecule has 2 fully saturated rings. The average molecular weight is 892 g/mol. The van der Waals surface area contributed by atoms with Gasteiger partial charge in [-0.2, -0.15) is 0 Å². The van der Waals surface area contributed by atoms with Gasteiger partial charge < -0.3 is 34.5 Å². The van der Waals surface area contributed by atoms with E-state index in [1.807, 2.05) is 12.1 Å². The molecule has 64 heavy (non-hydrogen) atoms. The molecule has 3 N–H and O–H groups in total. The summed E-state index contributed by atoms with van der Waals surface area (Å²) in [6, 6.07) is 20.0. The lowest BCUT2D eigenvalue weighted by Crippen LogP contribution is -2.86. The first-order valence-electron chi connectivity index (χ1n) is 25.4. The molecule has 0 spiro atoms. The molecule has 1 amide bonds. The standard InChI is InChI=1S/C54H85NO9/c1-5-6-7-8-9-10-11-18-29-38-44(62-46(57)39-30-19-14-12-16-23-32-42-34-25-21-26-35-42)41-45(56)55-48-50(54(60)51(64-52(48)61-4)49(59)53(54,2)3)63-47(58)40-31-20-15-13-17-24-33-43-36-27-22-28-37-43/h21-22,25-28,34-37,44,48-52,59-60H,5-20,23-24,29-33,38-41H2,1-4H3,(H,55,56)/t44-,48-,49?,50-,51-,52-,54+/m1/s1. The van der Waals surface area contributed by atoms with E-state index in [-0.39, 0.29) is 18.8 Å². The van der Waals surface area contributed by atoms with Crippen LogP contribution in [0.25, 0.3) is 0 Å². The number of fused-ring (bicyclic) bond motifs is 1. The Morgan fingerprint density at radius 3 is 1.66 bits per heavy atom. The Kier molecular flexibility index (Phi) is 24.5. The highest BCUT2D eigenvalue weighted by Gasteiger charge is 2.76. The third-order valence-corrected chi connectivity index (χ3v) is 13.9. The van der Waals surface area contributed by atoms with E-state index >= 15 is 0 Å². The van der Waals surface area contributed by atoms with E-state index in [0.29, 0.717) is 19.3 Å². The summed E-state index contributed by atoms with van der Waals surface area (Å²) in [6.07, 6.45) is 20.4. The number of hydrogen-bond acceptors (Lipinski definition) is 9. The predicted octanol–water partition coefficient (Wildman–Crippen LogP) is 11.1. The third kappa shape index (κ3) is 17.2. The van der Waals surface area contributed by atoms with E-state index in [1.165, 1.54) is 56.8 Å². The van der Waals surface area contributed by atoms with Crippen molar-refractivity contribution in [1.29, 1.82) is 0 Å². The van der Waals surface area contributed by atoms with Crippen LogP contribution >= 0.6 is 0 Å². The largest absolute Gasteiger partial charge is 0.462 e. The second-order valence-electron chi connectivity index (χ2n) is 19.3. The molecule has 0 bridgehead atoms. The Morgan fingerprint density at radius 1 is 0.672 bits per heavy atom. The van der Waals surface area contributed by atoms with E-state index in [2.05, 4.69) is 60.8 Å². The second-order valence-corrected chi connectivity index (χ2v) is 19.3. The normalized spacial score (nSPS) is 22.8. The molecule has 2 aromatic carbocycles. The van der Waals surface area contributed by atoms with Crippen molar-refractivity contribution in [3.8, 4) is 0 Å². The summed E-state index contributed by atoms with van der Waals surface area (Å²) < 4.78 is 23.9. The van der Waals surface area contributed by atoms with Gasteiger partial charge in [0.2, 0.25) is 5.91 Å². The van der Waals surface area contributed by atoms with Crippen molar-refractivity contribution < 1.29 is 43.5 Å². The topological polar surface area (TPSA) is 141 Å². The molecular weight excluding hydrogens is 807 g/mol. The van der Waals surface area contributed by atoms with Crippen LogP contribution in [0.2, 0.25) is 0 Å². The molecule has 7 atom stereocenters. The van der Waals surface area contributed by atoms with Crippen molar-refractivity contribution >= 4 is 17.8 Å². The number of carbonyl (C=O) groups excluding carboxylic acids is 3. The number of aryl methyl sites for hydroxylation is 2. The van der Waals surface area contributed by atoms with Crippen LogP contribution in [0.4, 0.5) is 0 Å². The fourth-order valence-electron chi connectivity index (χ4n) is 9.67. The van der Waals surface area contributed by atoms with Gasteiger partial charge in [-0.1, -0.05) is 184 Å². The second kappa shape index (κ2) is 29.4. The van der Waals surface area contributed by atoms with E-state index < -0.39 is 59.6 Å². The van der Waals surface area contributed by atoms with Gasteiger partial charge in [0, 0.05) is 25.4 Å². The Bertz CT molecular complexity index is 1590. The molecule has 1 aliphatic carbocycles. The molecule has 360 valence electrons. The molecule has 1 saturated heterocycles. The maximum absolute atomic E-state index is 14.0. The number of esters is 2. The Hall–Kier alpha value is -3.31. The van der Waals surface area contributed by atoms with Crippen molar-refractivity contribution in [1.82, 2.24) is 5.32 Å². The Balaban J connectivity index is 1.29. The molecule has 2 aliphatic rings. The zero-order chi connectivity index (χ0) is 46.0. The minimum atomic E-state index is -1.79. The predicted molar refractivity (Wildman–Crippen MR) is 253 cm³/mol. The van der Waals surface area contributed by atoms with E-state index in [0.717, 1.165) is 103 Å². The fraction of sp³-hybridized carbons (Fsp3) is 0.722. The smallest absolute Gasteiger partial charge is 0.306 e. The molecule has 4 rings (SSSR count). The SMILES string of the molecule is CCCCCCCCCCC[C@H](CC(=O)N[C@H]1[C@H](OC)O[C@@H]2C(O)C(C)(C)[C@]2(O)[C@@H]1OC(=O)CCCCCCCCc1ccccc1)OC(=O)CCCCCCCCc1ccccc1. The lowest BCUT2D eigenvalue weighted by molar-refractivity contribution is -0.404. The molecule has 2 aromatic rings. The number of aliphatic hydroxyl groups is 2. The van der Waals surface area contributed by atoms with Crippen molar-refractivity contribution in [3.63, 3.8) is 0 Å². The minimum absolute atomic E-state index is 0.0863. The number of unbranched alkanes of at least 4 members (excludes halogenated alkanes) is 18. The van der Waals surface area contributed by atoms with Gasteiger partial charge in [-0.25, -0.2) is 0 Å². The molecular formula is C54H85NO9. The molecule has 10 nitrogen and oxygen atoms in total. The lowest BCUT2D eigenvalue weighted by atomic mass is 9.50. The zero-order valence-electron chi connectivity index (χ0n) is 40.1. The van der Waals surface area contributed by atoms with Crippen LogP contribution in [0.5, 0.6) is 0 Å². The number of rotatable bonds is 34. The number of methoxy groups -OCH3 is 1. The van der Waals surface area contributed by atoms with Crippen molar-refractivity contribution in [3.05, 3.63) is 71.8 Å². The van der Waals surface area contributed by atoms with Gasteiger partial charge in [0.05, 0.1) is 12.5 Å². The van der Waals surface area contributed by atoms with Crippen LogP contribution in [-0.4, -0.2) is 77.5 Å². The summed E-state index contributed by atoms with van der Waals surface area (Å²) in [6.45, 7) is 5.63. The van der Waals surface area contributed by atoms with Crippen LogP contribution in [0, 0.1) is 5.41 Å². The molecule has 1 saturated carbocycles. The molecule has 0 aromatic heterocycles. The summed E-state index contributed by atoms with van der Waals surface area (Å²) in [4.78, 5) is 40.7. The first kappa shape index (κ1) is 53.3. The summed E-state index contributed by atoms with van der Waals surface area (Å²) in [7, 11) is 1.42. The summed E-state index contributed by atoms with van der Waals surface area (Å²) in [5.74, 6) is -1.21. The van der Waals surface area contributed by atoms with Gasteiger partial charge in [-0.15, -0.1) is 0 Å². The number of carbonyl (C=O) groups is 3. The number of nitrogens with one attached hydrogen (secondary N) is 1. The zero-order valence-corrected chi connectivity index (χ0v) is 40.1. The van der Waals surface area contributed by atoms with Crippen LogP contribution in [0.3, 0.4) is 0 Å². The van der Waals surface area contributed by atoms with Crippen molar-refractivity contribution in [2.24, 2.45) is 5.41 Å². The quantitative estimate of drug-likeness (QED) is 0.0463. The number of aliphatic hydroxyl groups excluding tert-OH is 1. The highest BCUT2D eigenvalue weighted by Crippen LogP contribution is 2.57. The minimum Gasteiger partial charge on any atom is -0.462 e. The van der Waals surface area contributed by atoms with Crippen LogP contribution in [0.1, 0.15) is 192 Å². The highest BCUT2D eigenvalue weighted by atomic mass is 16.7. The van der Waals surface area contributed by atoms with Crippen molar-refractivity contribution in [2.45, 2.75) is 236 Å². The highest BCUT2D eigenvalue weighted by molar-refractivity contribution is 5.78. The molecule has 0 radical (unpaired) electrons. The van der Waals surface area contributed by atoms with Gasteiger partial charge in [0.15, 0.2) is 12.4 Å². The monoisotopic (exact) mass is 892 g/mol. The average Bonchev–Trinajstić information content (AvgIpc) is 3.29. The third-order valence-electron chi connectivity index (χ3n) is 13.9. The molecule has 10 heteroatoms. The summed E-state index contributed by atoms with van der Waals surface area (Å²) >= 11 is 0. The number of benzene rings is 2. The van der Waals surface area contributed by atoms with Crippen LogP contribution < -0.4 is 5.32 Å². The maximum atomic E-state index is 14.0. The van der Waals surface area contributed by atoms with Gasteiger partial charge in [0.25, 0.3) is 0 Å². The van der Waals surface area contributed by atoms with Crippen molar-refractivity contribution in [2.75, 3.05) is 7.11 Å². The number of amides is 1. The molecule has 1 unspecified atom stereocenters. The van der Waals surface area contributed by atoms with E-state index in [4.69, 9.17) is 18.9 Å². The fourth-order valence-corrected chi connectivity index (χ4v) is 9.67. The molecule has 1 aliphatic heterocycles. The summed E-state index contributed by atoms with van der Waals surface area (Å²) in [5, 5.41) is 26.2. The van der Waals surface area contributed by atoms with Gasteiger partial charge in [-0.3, -0.25) is 14.4 Å². The lowest BCUT2D eigenvalue weighted by Gasteiger charge is -2.67. The Labute approximate surface area is 386 Å². The Morgan fingerprint density at radius 2 is 1.14 bits per heavy atom. The summed E-state index contributed by atoms with van der Waals surface area (Å²) in [5.41, 5.74) is -0.182. The number of ether oxygens (including phenoxy) is 4. The van der Waals surface area contributed by atoms with Gasteiger partial charge >= 0.3 is 11.9 Å². The van der Waals surface area contributed by atoms with Gasteiger partial charge in [-0.05, 0) is 62.5 Å². The van der Waals surface area contributed by atoms with Crippen LogP contribution in [0.15, 0.2) is 60.7 Å². The van der Waals surface area contributed by atoms with Gasteiger partial charge in [0.1, 0.15) is 23.9 Å².